The number of hydrogen-bond acceptors (Lipinski definition) is 8. The molecule has 1 aromatic carbocycles. The molecule has 1 aromatic heterocycles. The fraction of sp³-hybridized carbons (Fsp3) is 0.630. The Hall–Kier alpha value is -2.50. The standard InChI is InChI=1S/C27H42N5O5/c1-26(2,3)36-25(34)27(4,37-29)24-8-6-20-11-19(5-7-23(20)35-24)21-15-31(14-18-9-10-30-13-18)32(16-21)17-22(33)12-28/h5,7,11,15-16,18,22,24,30,33H,6,8-10,12-14,17,28-29H2,1-4H3/q+1/t18-,22+,24-,27?/m1/s1. The maximum atomic E-state index is 12.9. The summed E-state index contributed by atoms with van der Waals surface area (Å²) >= 11 is 0. The third-order valence-electron chi connectivity index (χ3n) is 7.19. The number of carbonyl (C=O) groups excluding carboxylic acids is 1. The summed E-state index contributed by atoms with van der Waals surface area (Å²) in [4.78, 5) is 18.0. The van der Waals surface area contributed by atoms with Crippen LogP contribution in [0.3, 0.4) is 0 Å². The van der Waals surface area contributed by atoms with Gasteiger partial charge in [-0.3, -0.25) is 4.84 Å². The lowest BCUT2D eigenvalue weighted by Gasteiger charge is -2.38. The van der Waals surface area contributed by atoms with Gasteiger partial charge in [0.1, 0.15) is 23.6 Å². The fourth-order valence-corrected chi connectivity index (χ4v) is 4.98. The van der Waals surface area contributed by atoms with Crippen LogP contribution in [0.15, 0.2) is 30.6 Å². The molecule has 4 atom stereocenters. The summed E-state index contributed by atoms with van der Waals surface area (Å²) in [5.74, 6) is 6.29. The number of fused-ring (bicyclic) bond motifs is 1. The fourth-order valence-electron chi connectivity index (χ4n) is 4.98. The van der Waals surface area contributed by atoms with Gasteiger partial charge in [0, 0.05) is 6.54 Å². The second-order valence-electron chi connectivity index (χ2n) is 11.4. The SMILES string of the molecule is CC(C)(C)OC(=O)C(C)(ON)[C@H]1CCc2cc(-c3cn(C[C@@H]4CCNC4)[n+](C[C@@H](O)CN)c3)ccc2O1. The van der Waals surface area contributed by atoms with Crippen LogP contribution in [-0.4, -0.2) is 58.8 Å². The van der Waals surface area contributed by atoms with E-state index in [1.54, 1.807) is 27.7 Å². The van der Waals surface area contributed by atoms with E-state index >= 15 is 0 Å². The largest absolute Gasteiger partial charge is 0.486 e. The molecule has 2 aromatic rings. The highest BCUT2D eigenvalue weighted by Crippen LogP contribution is 2.36. The lowest BCUT2D eigenvalue weighted by atomic mass is 9.89. The maximum absolute atomic E-state index is 12.9. The summed E-state index contributed by atoms with van der Waals surface area (Å²) in [5.41, 5.74) is 6.77. The molecule has 0 amide bonds. The molecule has 4 rings (SSSR count). The number of aryl methyl sites for hydroxylation is 1. The number of hydrogen-bond donors (Lipinski definition) is 4. The van der Waals surface area contributed by atoms with Crippen molar-refractivity contribution in [2.45, 2.75) is 83.5 Å². The number of nitrogens with zero attached hydrogens (tertiary/aromatic N) is 2. The normalized spacial score (nSPS) is 22.1. The first kappa shape index (κ1) is 27.5. The van der Waals surface area contributed by atoms with Crippen molar-refractivity contribution in [3.05, 3.63) is 36.2 Å². The quantitative estimate of drug-likeness (QED) is 0.221. The van der Waals surface area contributed by atoms with Gasteiger partial charge in [-0.2, -0.15) is 4.68 Å². The van der Waals surface area contributed by atoms with Gasteiger partial charge in [-0.05, 0) is 89.2 Å². The predicted molar refractivity (Wildman–Crippen MR) is 138 cm³/mol. The molecule has 0 spiro atoms. The number of nitrogens with two attached hydrogens (primary N) is 2. The molecule has 37 heavy (non-hydrogen) atoms. The van der Waals surface area contributed by atoms with Gasteiger partial charge in [0.25, 0.3) is 0 Å². The molecule has 10 nitrogen and oxygen atoms in total. The molecule has 2 aliphatic heterocycles. The monoisotopic (exact) mass is 516 g/mol. The van der Waals surface area contributed by atoms with Crippen LogP contribution in [-0.2, 0) is 33.9 Å². The molecule has 0 radical (unpaired) electrons. The Morgan fingerprint density at radius 1 is 1.30 bits per heavy atom. The number of aromatic nitrogens is 2. The van der Waals surface area contributed by atoms with Crippen molar-refractivity contribution in [3.63, 3.8) is 0 Å². The molecule has 6 N–H and O–H groups in total. The van der Waals surface area contributed by atoms with Crippen LogP contribution in [0.1, 0.15) is 46.1 Å². The average molecular weight is 517 g/mol. The minimum atomic E-state index is -1.43. The van der Waals surface area contributed by atoms with Crippen molar-refractivity contribution >= 4 is 5.97 Å². The number of benzene rings is 1. The van der Waals surface area contributed by atoms with Crippen LogP contribution in [0.4, 0.5) is 0 Å². The molecule has 0 bridgehead atoms. The molecule has 1 unspecified atom stereocenters. The van der Waals surface area contributed by atoms with Crippen LogP contribution in [0.25, 0.3) is 11.1 Å². The topological polar surface area (TPSA) is 138 Å². The van der Waals surface area contributed by atoms with Gasteiger partial charge in [0.2, 0.25) is 11.8 Å². The Labute approximate surface area is 218 Å². The van der Waals surface area contributed by atoms with Gasteiger partial charge in [-0.1, -0.05) is 6.07 Å². The van der Waals surface area contributed by atoms with E-state index in [0.717, 1.165) is 42.7 Å². The molecule has 1 saturated heterocycles. The molecule has 3 heterocycles. The highest BCUT2D eigenvalue weighted by molar-refractivity contribution is 5.80. The zero-order chi connectivity index (χ0) is 26.8. The van der Waals surface area contributed by atoms with Gasteiger partial charge in [-0.25, -0.2) is 10.7 Å². The molecule has 204 valence electrons. The maximum Gasteiger partial charge on any atom is 0.344 e. The first-order valence-corrected chi connectivity index (χ1v) is 13.1. The number of aliphatic hydroxyl groups is 1. The van der Waals surface area contributed by atoms with E-state index in [0.29, 0.717) is 31.1 Å². The average Bonchev–Trinajstić information content (AvgIpc) is 3.52. The molecular weight excluding hydrogens is 474 g/mol. The highest BCUT2D eigenvalue weighted by Gasteiger charge is 2.48. The van der Waals surface area contributed by atoms with Crippen molar-refractivity contribution in [1.82, 2.24) is 10.00 Å². The van der Waals surface area contributed by atoms with Gasteiger partial charge in [-0.15, -0.1) is 4.68 Å². The Kier molecular flexibility index (Phi) is 8.25. The summed E-state index contributed by atoms with van der Waals surface area (Å²) < 4.78 is 16.0. The van der Waals surface area contributed by atoms with E-state index in [2.05, 4.69) is 33.1 Å². The van der Waals surface area contributed by atoms with Crippen molar-refractivity contribution in [2.24, 2.45) is 17.5 Å². The van der Waals surface area contributed by atoms with Crippen molar-refractivity contribution < 1.29 is 28.9 Å². The van der Waals surface area contributed by atoms with Crippen LogP contribution in [0.5, 0.6) is 5.75 Å². The number of aliphatic hydroxyl groups excluding tert-OH is 1. The first-order valence-electron chi connectivity index (χ1n) is 13.1. The minimum Gasteiger partial charge on any atom is -0.486 e. The zero-order valence-corrected chi connectivity index (χ0v) is 22.4. The van der Waals surface area contributed by atoms with Crippen LogP contribution in [0, 0.1) is 5.92 Å². The van der Waals surface area contributed by atoms with Crippen molar-refractivity contribution in [2.75, 3.05) is 19.6 Å². The third-order valence-corrected chi connectivity index (χ3v) is 7.19. The van der Waals surface area contributed by atoms with Gasteiger partial charge in [0.15, 0.2) is 6.54 Å². The van der Waals surface area contributed by atoms with Gasteiger partial charge >= 0.3 is 5.97 Å². The van der Waals surface area contributed by atoms with E-state index < -0.39 is 29.4 Å². The Morgan fingerprint density at radius 3 is 2.73 bits per heavy atom. The summed E-state index contributed by atoms with van der Waals surface area (Å²) in [5, 5.41) is 13.6. The van der Waals surface area contributed by atoms with Crippen LogP contribution in [0.2, 0.25) is 0 Å². The van der Waals surface area contributed by atoms with E-state index in [4.69, 9.17) is 25.9 Å². The van der Waals surface area contributed by atoms with Crippen molar-refractivity contribution in [3.8, 4) is 16.9 Å². The summed E-state index contributed by atoms with van der Waals surface area (Å²) in [7, 11) is 0. The molecule has 1 fully saturated rings. The van der Waals surface area contributed by atoms with E-state index in [1.165, 1.54) is 0 Å². The van der Waals surface area contributed by atoms with Crippen molar-refractivity contribution in [1.29, 1.82) is 0 Å². The smallest absolute Gasteiger partial charge is 0.344 e. The Morgan fingerprint density at radius 2 is 2.08 bits per heavy atom. The zero-order valence-electron chi connectivity index (χ0n) is 22.4. The first-order chi connectivity index (χ1) is 17.5. The lowest BCUT2D eigenvalue weighted by Crippen LogP contribution is -2.56. The number of ether oxygens (including phenoxy) is 2. The summed E-state index contributed by atoms with van der Waals surface area (Å²) in [6.07, 6.45) is 5.42. The minimum absolute atomic E-state index is 0.213. The molecule has 0 saturated carbocycles. The molecule has 0 aliphatic carbocycles. The molecular formula is C27H42N5O5+. The van der Waals surface area contributed by atoms with Crippen LogP contribution >= 0.6 is 0 Å². The van der Waals surface area contributed by atoms with Gasteiger partial charge < -0.3 is 25.6 Å². The number of rotatable bonds is 9. The second kappa shape index (κ2) is 11.1. The van der Waals surface area contributed by atoms with Gasteiger partial charge in [0.05, 0.1) is 18.3 Å². The van der Waals surface area contributed by atoms with E-state index in [-0.39, 0.29) is 6.54 Å². The van der Waals surface area contributed by atoms with E-state index in [9.17, 15) is 9.90 Å². The Balaban J connectivity index is 1.55. The lowest BCUT2D eigenvalue weighted by molar-refractivity contribution is -0.780. The second-order valence-corrected chi connectivity index (χ2v) is 11.4. The Bertz CT molecular complexity index is 1090. The van der Waals surface area contributed by atoms with E-state index in [1.807, 2.05) is 12.1 Å². The molecule has 2 aliphatic rings. The van der Waals surface area contributed by atoms with Crippen LogP contribution < -0.4 is 26.4 Å². The molecule has 10 heteroatoms. The highest BCUT2D eigenvalue weighted by atomic mass is 16.7. The number of nitrogens with one attached hydrogen (secondary N) is 1. The summed E-state index contributed by atoms with van der Waals surface area (Å²) in [6.45, 7) is 10.6. The number of esters is 1. The number of carbonyl (C=O) groups is 1. The summed E-state index contributed by atoms with van der Waals surface area (Å²) in [6, 6.07) is 6.07. The third kappa shape index (κ3) is 6.32. The predicted octanol–water partition coefficient (Wildman–Crippen LogP) is 1.06.